The summed E-state index contributed by atoms with van der Waals surface area (Å²) in [6, 6.07) is 4.31. The molecule has 0 aliphatic carbocycles. The van der Waals surface area contributed by atoms with Gasteiger partial charge in [0, 0.05) is 4.47 Å². The van der Waals surface area contributed by atoms with Gasteiger partial charge in [-0.1, -0.05) is 27.3 Å². The fourth-order valence-electron chi connectivity index (χ4n) is 1.23. The number of hydrogen-bond acceptors (Lipinski definition) is 5. The number of benzene rings is 1. The number of carbonyl (C=O) groups excluding carboxylic acids is 1. The molecule has 2 rings (SSSR count). The molecule has 9 heteroatoms. The van der Waals surface area contributed by atoms with Crippen LogP contribution in [0.2, 0.25) is 0 Å². The Balaban J connectivity index is 2.16. The van der Waals surface area contributed by atoms with Gasteiger partial charge >= 0.3 is 0 Å². The van der Waals surface area contributed by atoms with Crippen LogP contribution in [0.4, 0.5) is 13.9 Å². The van der Waals surface area contributed by atoms with Crippen LogP contribution in [-0.2, 0) is 0 Å². The minimum absolute atomic E-state index is 0.0111. The second kappa shape index (κ2) is 5.57. The van der Waals surface area contributed by atoms with E-state index in [1.54, 1.807) is 6.07 Å². The normalized spacial score (nSPS) is 10.7. The minimum Gasteiger partial charge on any atom is -0.507 e. The molecule has 5 nitrogen and oxygen atoms in total. The first-order valence-electron chi connectivity index (χ1n) is 4.89. The Morgan fingerprint density at radius 3 is 2.74 bits per heavy atom. The lowest BCUT2D eigenvalue weighted by Gasteiger charge is -2.04. The van der Waals surface area contributed by atoms with Gasteiger partial charge in [0.2, 0.25) is 5.13 Å². The number of phenols is 1. The molecule has 0 fully saturated rings. The summed E-state index contributed by atoms with van der Waals surface area (Å²) in [6.45, 7) is 0. The fourth-order valence-corrected chi connectivity index (χ4v) is 2.18. The average molecular weight is 350 g/mol. The number of phenolic OH excluding ortho intramolecular Hbond substituents is 1. The second-order valence-corrected chi connectivity index (χ2v) is 5.29. The molecule has 0 atom stereocenters. The van der Waals surface area contributed by atoms with Crippen LogP contribution >= 0.6 is 27.3 Å². The Labute approximate surface area is 118 Å². The number of nitrogens with zero attached hydrogens (tertiary/aromatic N) is 2. The van der Waals surface area contributed by atoms with Crippen molar-refractivity contribution in [3.05, 3.63) is 33.2 Å². The Morgan fingerprint density at radius 1 is 1.42 bits per heavy atom. The van der Waals surface area contributed by atoms with E-state index in [9.17, 15) is 18.7 Å². The van der Waals surface area contributed by atoms with Crippen molar-refractivity contribution in [1.82, 2.24) is 10.2 Å². The molecular weight excluding hydrogens is 344 g/mol. The third kappa shape index (κ3) is 3.24. The number of aromatic nitrogens is 2. The zero-order valence-corrected chi connectivity index (χ0v) is 11.5. The van der Waals surface area contributed by atoms with Crippen LogP contribution in [0.15, 0.2) is 22.7 Å². The molecule has 0 saturated carbocycles. The molecule has 1 aromatic heterocycles. The maximum Gasteiger partial charge on any atom is 0.291 e. The van der Waals surface area contributed by atoms with E-state index in [2.05, 4.69) is 31.4 Å². The maximum absolute atomic E-state index is 12.3. The highest BCUT2D eigenvalue weighted by Gasteiger charge is 2.17. The molecule has 0 aliphatic heterocycles. The fraction of sp³-hybridized carbons (Fsp3) is 0.100. The highest BCUT2D eigenvalue weighted by Crippen LogP contribution is 2.27. The van der Waals surface area contributed by atoms with Gasteiger partial charge in [-0.05, 0) is 18.2 Å². The molecular formula is C10H6BrF2N3O2S. The quantitative estimate of drug-likeness (QED) is 0.892. The molecule has 0 aliphatic rings. The predicted octanol–water partition coefficient (Wildman–Crippen LogP) is 3.20. The van der Waals surface area contributed by atoms with Gasteiger partial charge in [-0.15, -0.1) is 10.2 Å². The van der Waals surface area contributed by atoms with Crippen molar-refractivity contribution in [1.29, 1.82) is 0 Å². The van der Waals surface area contributed by atoms with Crippen LogP contribution in [0.3, 0.4) is 0 Å². The van der Waals surface area contributed by atoms with Crippen molar-refractivity contribution in [2.45, 2.75) is 6.43 Å². The highest BCUT2D eigenvalue weighted by molar-refractivity contribution is 9.10. The smallest absolute Gasteiger partial charge is 0.291 e. The second-order valence-electron chi connectivity index (χ2n) is 3.36. The van der Waals surface area contributed by atoms with Crippen molar-refractivity contribution in [2.24, 2.45) is 0 Å². The molecule has 2 N–H and O–H groups in total. The Kier molecular flexibility index (Phi) is 4.05. The van der Waals surface area contributed by atoms with Gasteiger partial charge in [0.25, 0.3) is 12.3 Å². The van der Waals surface area contributed by atoms with Gasteiger partial charge in [0.1, 0.15) is 5.75 Å². The number of amides is 1. The number of nitrogens with one attached hydrogen (secondary N) is 1. The summed E-state index contributed by atoms with van der Waals surface area (Å²) in [6.07, 6.45) is -2.73. The van der Waals surface area contributed by atoms with E-state index in [1.165, 1.54) is 12.1 Å². The topological polar surface area (TPSA) is 75.1 Å². The third-order valence-corrected chi connectivity index (χ3v) is 3.39. The van der Waals surface area contributed by atoms with Crippen LogP contribution in [-0.4, -0.2) is 21.2 Å². The van der Waals surface area contributed by atoms with E-state index in [4.69, 9.17) is 0 Å². The molecule has 19 heavy (non-hydrogen) atoms. The van der Waals surface area contributed by atoms with E-state index in [-0.39, 0.29) is 16.4 Å². The number of alkyl halides is 2. The zero-order valence-electron chi connectivity index (χ0n) is 9.10. The summed E-state index contributed by atoms with van der Waals surface area (Å²) in [7, 11) is 0. The van der Waals surface area contributed by atoms with E-state index in [0.29, 0.717) is 15.8 Å². The van der Waals surface area contributed by atoms with Crippen LogP contribution in [0.5, 0.6) is 5.75 Å². The third-order valence-electron chi connectivity index (χ3n) is 2.05. The zero-order chi connectivity index (χ0) is 14.0. The molecule has 1 aromatic carbocycles. The van der Waals surface area contributed by atoms with Crippen molar-refractivity contribution >= 4 is 38.3 Å². The highest BCUT2D eigenvalue weighted by atomic mass is 79.9. The number of hydrogen-bond donors (Lipinski definition) is 2. The molecule has 0 spiro atoms. The lowest BCUT2D eigenvalue weighted by molar-refractivity contribution is 0.102. The van der Waals surface area contributed by atoms with E-state index < -0.39 is 17.3 Å². The van der Waals surface area contributed by atoms with Gasteiger partial charge in [-0.3, -0.25) is 10.1 Å². The number of aromatic hydroxyl groups is 1. The number of rotatable bonds is 3. The molecule has 0 saturated heterocycles. The number of halogens is 3. The SMILES string of the molecule is O=C(Nc1nnc(C(F)F)s1)c1ccc(Br)cc1O. The molecule has 1 amide bonds. The number of carbonyl (C=O) groups is 1. The standard InChI is InChI=1S/C10H6BrF2N3O2S/c11-4-1-2-5(6(17)3-4)8(18)14-10-16-15-9(19-10)7(12)13/h1-3,7,17H,(H,14,16,18). The van der Waals surface area contributed by atoms with E-state index >= 15 is 0 Å². The monoisotopic (exact) mass is 349 g/mol. The first-order chi connectivity index (χ1) is 8.97. The van der Waals surface area contributed by atoms with Crippen molar-refractivity contribution < 1.29 is 18.7 Å². The van der Waals surface area contributed by atoms with Crippen LogP contribution in [0, 0.1) is 0 Å². The van der Waals surface area contributed by atoms with Gasteiger partial charge in [-0.2, -0.15) is 0 Å². The summed E-state index contributed by atoms with van der Waals surface area (Å²) in [5.74, 6) is -0.882. The van der Waals surface area contributed by atoms with Crippen molar-refractivity contribution in [2.75, 3.05) is 5.32 Å². The van der Waals surface area contributed by atoms with Gasteiger partial charge in [0.05, 0.1) is 5.56 Å². The van der Waals surface area contributed by atoms with Crippen LogP contribution < -0.4 is 5.32 Å². The van der Waals surface area contributed by atoms with Crippen molar-refractivity contribution in [3.8, 4) is 5.75 Å². The average Bonchev–Trinajstić information content (AvgIpc) is 2.77. The summed E-state index contributed by atoms with van der Waals surface area (Å²) in [4.78, 5) is 11.8. The molecule has 0 unspecified atom stereocenters. The largest absolute Gasteiger partial charge is 0.507 e. The summed E-state index contributed by atoms with van der Waals surface area (Å²) < 4.78 is 25.2. The maximum atomic E-state index is 12.3. The Morgan fingerprint density at radius 2 is 2.16 bits per heavy atom. The van der Waals surface area contributed by atoms with E-state index in [0.717, 1.165) is 0 Å². The molecule has 0 radical (unpaired) electrons. The molecule has 2 aromatic rings. The van der Waals surface area contributed by atoms with E-state index in [1.807, 2.05) is 0 Å². The summed E-state index contributed by atoms with van der Waals surface area (Å²) in [5.41, 5.74) is 0.0111. The number of anilines is 1. The van der Waals surface area contributed by atoms with Gasteiger partial charge < -0.3 is 5.11 Å². The van der Waals surface area contributed by atoms with Gasteiger partial charge in [-0.25, -0.2) is 8.78 Å². The summed E-state index contributed by atoms with van der Waals surface area (Å²) >= 11 is 3.71. The lowest BCUT2D eigenvalue weighted by atomic mass is 10.2. The van der Waals surface area contributed by atoms with Crippen molar-refractivity contribution in [3.63, 3.8) is 0 Å². The molecule has 1 heterocycles. The first-order valence-corrected chi connectivity index (χ1v) is 6.49. The predicted molar refractivity (Wildman–Crippen MR) is 68.6 cm³/mol. The molecule has 0 bridgehead atoms. The lowest BCUT2D eigenvalue weighted by Crippen LogP contribution is -2.11. The minimum atomic E-state index is -2.73. The van der Waals surface area contributed by atoms with Crippen LogP contribution in [0.1, 0.15) is 21.8 Å². The Hall–Kier alpha value is -1.61. The van der Waals surface area contributed by atoms with Gasteiger partial charge in [0.15, 0.2) is 5.01 Å². The van der Waals surface area contributed by atoms with Crippen LogP contribution in [0.25, 0.3) is 0 Å². The molecule has 100 valence electrons. The summed E-state index contributed by atoms with van der Waals surface area (Å²) in [5, 5.41) is 18.0. The first kappa shape index (κ1) is 13.8. The Bertz CT molecular complexity index is 621.